The molecule has 3 nitrogen and oxygen atoms in total. The standard InChI is InChI=1S/C15H26N2O/c1-5-17(4)11-15(12-18,16-13(2)3)14-9-7-6-8-10-14/h6-10,13,16,18H,5,11-12H2,1-4H3. The fourth-order valence-corrected chi connectivity index (χ4v) is 2.29. The maximum atomic E-state index is 9.93. The van der Waals surface area contributed by atoms with Crippen molar-refractivity contribution >= 4 is 0 Å². The summed E-state index contributed by atoms with van der Waals surface area (Å²) in [7, 11) is 2.08. The largest absolute Gasteiger partial charge is 0.394 e. The van der Waals surface area contributed by atoms with E-state index in [9.17, 15) is 5.11 Å². The molecule has 18 heavy (non-hydrogen) atoms. The monoisotopic (exact) mass is 250 g/mol. The van der Waals surface area contributed by atoms with Crippen molar-refractivity contribution in [1.29, 1.82) is 0 Å². The molecule has 0 bridgehead atoms. The van der Waals surface area contributed by atoms with Gasteiger partial charge >= 0.3 is 0 Å². The molecular weight excluding hydrogens is 224 g/mol. The molecule has 3 heteroatoms. The van der Waals surface area contributed by atoms with Crippen molar-refractivity contribution < 1.29 is 5.11 Å². The second-order valence-electron chi connectivity index (χ2n) is 5.24. The van der Waals surface area contributed by atoms with E-state index < -0.39 is 0 Å². The summed E-state index contributed by atoms with van der Waals surface area (Å²) in [5.41, 5.74) is 0.752. The van der Waals surface area contributed by atoms with Gasteiger partial charge < -0.3 is 15.3 Å². The molecule has 2 N–H and O–H groups in total. The van der Waals surface area contributed by atoms with Crippen LogP contribution in [-0.2, 0) is 5.54 Å². The summed E-state index contributed by atoms with van der Waals surface area (Å²) in [5, 5.41) is 13.5. The number of aliphatic hydroxyl groups is 1. The van der Waals surface area contributed by atoms with Crippen LogP contribution in [0.4, 0.5) is 0 Å². The van der Waals surface area contributed by atoms with E-state index in [0.29, 0.717) is 6.04 Å². The number of nitrogens with one attached hydrogen (secondary N) is 1. The number of aliphatic hydroxyl groups excluding tert-OH is 1. The number of rotatable bonds is 7. The second-order valence-corrected chi connectivity index (χ2v) is 5.24. The van der Waals surface area contributed by atoms with Gasteiger partial charge in [-0.1, -0.05) is 37.3 Å². The van der Waals surface area contributed by atoms with Crippen molar-refractivity contribution in [3.05, 3.63) is 35.9 Å². The van der Waals surface area contributed by atoms with E-state index in [4.69, 9.17) is 0 Å². The number of likely N-dealkylation sites (N-methyl/N-ethyl adjacent to an activating group) is 1. The molecule has 1 rings (SSSR count). The van der Waals surface area contributed by atoms with Gasteiger partial charge in [-0.05, 0) is 33.0 Å². The Labute approximate surface area is 111 Å². The first-order valence-electron chi connectivity index (χ1n) is 6.66. The molecule has 0 fully saturated rings. The van der Waals surface area contributed by atoms with Gasteiger partial charge in [-0.25, -0.2) is 0 Å². The zero-order valence-corrected chi connectivity index (χ0v) is 12.0. The highest BCUT2D eigenvalue weighted by Gasteiger charge is 2.32. The fourth-order valence-electron chi connectivity index (χ4n) is 2.29. The Morgan fingerprint density at radius 2 is 1.89 bits per heavy atom. The molecule has 0 heterocycles. The Morgan fingerprint density at radius 3 is 2.33 bits per heavy atom. The highest BCUT2D eigenvalue weighted by atomic mass is 16.3. The molecule has 0 aliphatic carbocycles. The lowest BCUT2D eigenvalue weighted by atomic mass is 9.89. The third-order valence-corrected chi connectivity index (χ3v) is 3.24. The van der Waals surface area contributed by atoms with E-state index in [1.807, 2.05) is 18.2 Å². The van der Waals surface area contributed by atoms with Crippen molar-refractivity contribution in [3.63, 3.8) is 0 Å². The summed E-state index contributed by atoms with van der Waals surface area (Å²) >= 11 is 0. The molecule has 0 saturated heterocycles. The van der Waals surface area contributed by atoms with Gasteiger partial charge in [0.15, 0.2) is 0 Å². The molecule has 0 aromatic heterocycles. The van der Waals surface area contributed by atoms with Gasteiger partial charge in [0, 0.05) is 12.6 Å². The molecule has 1 aromatic rings. The average Bonchev–Trinajstić information content (AvgIpc) is 2.38. The van der Waals surface area contributed by atoms with Crippen molar-refractivity contribution in [1.82, 2.24) is 10.2 Å². The first-order chi connectivity index (χ1) is 8.54. The minimum atomic E-state index is -0.389. The zero-order valence-electron chi connectivity index (χ0n) is 12.0. The SMILES string of the molecule is CCN(C)CC(CO)(NC(C)C)c1ccccc1. The molecule has 102 valence electrons. The maximum Gasteiger partial charge on any atom is 0.0799 e. The van der Waals surface area contributed by atoms with Crippen LogP contribution in [0.3, 0.4) is 0 Å². The van der Waals surface area contributed by atoms with Crippen molar-refractivity contribution in [2.24, 2.45) is 0 Å². The smallest absolute Gasteiger partial charge is 0.0799 e. The van der Waals surface area contributed by atoms with E-state index in [2.05, 4.69) is 50.2 Å². The Kier molecular flexibility index (Phi) is 5.79. The summed E-state index contributed by atoms with van der Waals surface area (Å²) in [4.78, 5) is 2.22. The number of nitrogens with zero attached hydrogens (tertiary/aromatic N) is 1. The minimum Gasteiger partial charge on any atom is -0.394 e. The lowest BCUT2D eigenvalue weighted by Crippen LogP contribution is -2.55. The molecule has 1 atom stereocenters. The van der Waals surface area contributed by atoms with Crippen molar-refractivity contribution in [2.45, 2.75) is 32.4 Å². The fraction of sp³-hybridized carbons (Fsp3) is 0.600. The summed E-state index contributed by atoms with van der Waals surface area (Å²) < 4.78 is 0. The van der Waals surface area contributed by atoms with E-state index in [0.717, 1.165) is 18.7 Å². The molecular formula is C15H26N2O. The van der Waals surface area contributed by atoms with Crippen molar-refractivity contribution in [2.75, 3.05) is 26.7 Å². The molecule has 0 spiro atoms. The maximum absolute atomic E-state index is 9.93. The first kappa shape index (κ1) is 15.2. The topological polar surface area (TPSA) is 35.5 Å². The van der Waals surface area contributed by atoms with Crippen LogP contribution in [-0.4, -0.2) is 42.8 Å². The third kappa shape index (κ3) is 3.80. The van der Waals surface area contributed by atoms with Gasteiger partial charge in [-0.15, -0.1) is 0 Å². The Bertz CT molecular complexity index is 340. The number of hydrogen-bond acceptors (Lipinski definition) is 3. The van der Waals surface area contributed by atoms with Crippen LogP contribution in [0, 0.1) is 0 Å². The van der Waals surface area contributed by atoms with Crippen LogP contribution in [0.15, 0.2) is 30.3 Å². The van der Waals surface area contributed by atoms with Crippen LogP contribution >= 0.6 is 0 Å². The van der Waals surface area contributed by atoms with Crippen LogP contribution in [0.25, 0.3) is 0 Å². The van der Waals surface area contributed by atoms with Gasteiger partial charge in [-0.3, -0.25) is 0 Å². The molecule has 1 aromatic carbocycles. The Morgan fingerprint density at radius 1 is 1.28 bits per heavy atom. The third-order valence-electron chi connectivity index (χ3n) is 3.24. The molecule has 0 amide bonds. The average molecular weight is 250 g/mol. The molecule has 0 saturated carbocycles. The predicted octanol–water partition coefficient (Wildman–Crippen LogP) is 1.82. The summed E-state index contributed by atoms with van der Waals surface area (Å²) in [5.74, 6) is 0. The van der Waals surface area contributed by atoms with Gasteiger partial charge in [0.05, 0.1) is 12.1 Å². The summed E-state index contributed by atoms with van der Waals surface area (Å²) in [6.45, 7) is 8.21. The summed E-state index contributed by atoms with van der Waals surface area (Å²) in [6, 6.07) is 10.5. The van der Waals surface area contributed by atoms with Gasteiger partial charge in [0.1, 0.15) is 0 Å². The molecule has 0 aliphatic heterocycles. The van der Waals surface area contributed by atoms with E-state index in [1.54, 1.807) is 0 Å². The van der Waals surface area contributed by atoms with Crippen LogP contribution in [0.5, 0.6) is 0 Å². The second kappa shape index (κ2) is 6.88. The lowest BCUT2D eigenvalue weighted by molar-refractivity contribution is 0.112. The molecule has 1 unspecified atom stereocenters. The highest BCUT2D eigenvalue weighted by Crippen LogP contribution is 2.22. The first-order valence-corrected chi connectivity index (χ1v) is 6.66. The van der Waals surface area contributed by atoms with E-state index >= 15 is 0 Å². The van der Waals surface area contributed by atoms with Crippen LogP contribution in [0.2, 0.25) is 0 Å². The van der Waals surface area contributed by atoms with Gasteiger partial charge in [0.25, 0.3) is 0 Å². The molecule has 0 aliphatic rings. The predicted molar refractivity (Wildman–Crippen MR) is 76.6 cm³/mol. The van der Waals surface area contributed by atoms with Crippen LogP contribution in [0.1, 0.15) is 26.3 Å². The Balaban J connectivity index is 3.05. The quantitative estimate of drug-likeness (QED) is 0.775. The van der Waals surface area contributed by atoms with Crippen molar-refractivity contribution in [3.8, 4) is 0 Å². The lowest BCUT2D eigenvalue weighted by Gasteiger charge is -2.38. The Hall–Kier alpha value is -0.900. The minimum absolute atomic E-state index is 0.0968. The van der Waals surface area contributed by atoms with Crippen LogP contribution < -0.4 is 5.32 Å². The van der Waals surface area contributed by atoms with E-state index in [1.165, 1.54) is 0 Å². The van der Waals surface area contributed by atoms with Gasteiger partial charge in [0.2, 0.25) is 0 Å². The highest BCUT2D eigenvalue weighted by molar-refractivity contribution is 5.25. The number of hydrogen-bond donors (Lipinski definition) is 2. The molecule has 0 radical (unpaired) electrons. The van der Waals surface area contributed by atoms with Gasteiger partial charge in [-0.2, -0.15) is 0 Å². The zero-order chi connectivity index (χ0) is 13.6. The van der Waals surface area contributed by atoms with E-state index in [-0.39, 0.29) is 12.1 Å². The number of benzene rings is 1. The summed E-state index contributed by atoms with van der Waals surface area (Å²) in [6.07, 6.45) is 0. The normalized spacial score (nSPS) is 15.1.